The van der Waals surface area contributed by atoms with E-state index < -0.39 is 5.97 Å². The van der Waals surface area contributed by atoms with Gasteiger partial charge in [0.05, 0.1) is 5.69 Å². The van der Waals surface area contributed by atoms with Crippen molar-refractivity contribution in [3.8, 4) is 0 Å². The summed E-state index contributed by atoms with van der Waals surface area (Å²) in [4.78, 5) is 27.0. The molecule has 0 fully saturated rings. The molecule has 0 radical (unpaired) electrons. The van der Waals surface area contributed by atoms with Crippen LogP contribution in [0.1, 0.15) is 37.5 Å². The standard InChI is InChI=1S/C19H18N2O3/c1-10-8-12(3)14(9-11(10)2)18(22)21-16-13-6-4-5-7-15(13)20-17(16)19(23)24/h4-9,20H,1-3H3,(H,21,22)(H,23,24). The number of carboxylic acid groups (broad SMARTS) is 1. The molecule has 5 heteroatoms. The molecule has 3 N–H and O–H groups in total. The maximum absolute atomic E-state index is 12.7. The molecule has 0 saturated heterocycles. The zero-order valence-corrected chi connectivity index (χ0v) is 13.7. The molecule has 24 heavy (non-hydrogen) atoms. The van der Waals surface area contributed by atoms with Crippen molar-refractivity contribution in [2.24, 2.45) is 0 Å². The lowest BCUT2D eigenvalue weighted by atomic mass is 10.0. The van der Waals surface area contributed by atoms with Gasteiger partial charge in [-0.3, -0.25) is 4.79 Å². The third-order valence-corrected chi connectivity index (χ3v) is 4.24. The molecule has 3 rings (SSSR count). The molecule has 2 aromatic carbocycles. The van der Waals surface area contributed by atoms with Gasteiger partial charge in [0, 0.05) is 16.5 Å². The first-order valence-electron chi connectivity index (χ1n) is 7.61. The van der Waals surface area contributed by atoms with E-state index >= 15 is 0 Å². The summed E-state index contributed by atoms with van der Waals surface area (Å²) < 4.78 is 0. The Balaban J connectivity index is 2.07. The predicted molar refractivity (Wildman–Crippen MR) is 93.9 cm³/mol. The Labute approximate surface area is 139 Å². The molecule has 0 aliphatic rings. The first-order valence-corrected chi connectivity index (χ1v) is 7.61. The van der Waals surface area contributed by atoms with E-state index in [1.807, 2.05) is 39.0 Å². The molecular weight excluding hydrogens is 304 g/mol. The van der Waals surface area contributed by atoms with Crippen molar-refractivity contribution in [1.29, 1.82) is 0 Å². The first kappa shape index (κ1) is 15.8. The van der Waals surface area contributed by atoms with Crippen LogP contribution in [0.3, 0.4) is 0 Å². The fourth-order valence-electron chi connectivity index (χ4n) is 2.82. The van der Waals surface area contributed by atoms with E-state index in [4.69, 9.17) is 0 Å². The second-order valence-electron chi connectivity index (χ2n) is 5.93. The van der Waals surface area contributed by atoms with E-state index in [0.717, 1.165) is 16.7 Å². The normalized spacial score (nSPS) is 10.8. The van der Waals surface area contributed by atoms with Crippen LogP contribution in [0.2, 0.25) is 0 Å². The smallest absolute Gasteiger partial charge is 0.354 e. The molecule has 1 aromatic heterocycles. The predicted octanol–water partition coefficient (Wildman–Crippen LogP) is 4.04. The highest BCUT2D eigenvalue weighted by Crippen LogP contribution is 2.28. The Morgan fingerprint density at radius 1 is 1.00 bits per heavy atom. The quantitative estimate of drug-likeness (QED) is 0.680. The van der Waals surface area contributed by atoms with E-state index in [1.165, 1.54) is 0 Å². The fraction of sp³-hybridized carbons (Fsp3) is 0.158. The van der Waals surface area contributed by atoms with Crippen LogP contribution < -0.4 is 5.32 Å². The number of carboxylic acids is 1. The molecule has 0 saturated carbocycles. The van der Waals surface area contributed by atoms with E-state index in [0.29, 0.717) is 22.2 Å². The number of H-pyrrole nitrogens is 1. The maximum atomic E-state index is 12.7. The third-order valence-electron chi connectivity index (χ3n) is 4.24. The summed E-state index contributed by atoms with van der Waals surface area (Å²) >= 11 is 0. The summed E-state index contributed by atoms with van der Waals surface area (Å²) in [5.41, 5.74) is 4.46. The number of amides is 1. The van der Waals surface area contributed by atoms with E-state index in [2.05, 4.69) is 10.3 Å². The Kier molecular flexibility index (Phi) is 3.85. The molecule has 0 aliphatic carbocycles. The van der Waals surface area contributed by atoms with Crippen LogP contribution in [-0.4, -0.2) is 22.0 Å². The first-order chi connectivity index (χ1) is 11.4. The Morgan fingerprint density at radius 2 is 1.67 bits per heavy atom. The van der Waals surface area contributed by atoms with Gasteiger partial charge in [0.1, 0.15) is 5.69 Å². The second-order valence-corrected chi connectivity index (χ2v) is 5.93. The van der Waals surface area contributed by atoms with Gasteiger partial charge in [-0.25, -0.2) is 4.79 Å². The fourth-order valence-corrected chi connectivity index (χ4v) is 2.82. The Bertz CT molecular complexity index is 970. The molecule has 1 amide bonds. The molecule has 0 atom stereocenters. The highest BCUT2D eigenvalue weighted by atomic mass is 16.4. The van der Waals surface area contributed by atoms with Crippen molar-refractivity contribution in [2.45, 2.75) is 20.8 Å². The molecule has 0 spiro atoms. The molecular formula is C19H18N2O3. The number of carbonyl (C=O) groups excluding carboxylic acids is 1. The summed E-state index contributed by atoms with van der Waals surface area (Å²) in [6.07, 6.45) is 0. The van der Waals surface area contributed by atoms with Gasteiger partial charge >= 0.3 is 5.97 Å². The Hall–Kier alpha value is -3.08. The van der Waals surface area contributed by atoms with Crippen molar-refractivity contribution < 1.29 is 14.7 Å². The van der Waals surface area contributed by atoms with Crippen LogP contribution in [0, 0.1) is 20.8 Å². The van der Waals surface area contributed by atoms with Gasteiger partial charge in [-0.15, -0.1) is 0 Å². The number of fused-ring (bicyclic) bond motifs is 1. The van der Waals surface area contributed by atoms with E-state index in [9.17, 15) is 14.7 Å². The largest absolute Gasteiger partial charge is 0.477 e. The monoisotopic (exact) mass is 322 g/mol. The highest BCUT2D eigenvalue weighted by molar-refractivity contribution is 6.14. The van der Waals surface area contributed by atoms with Crippen LogP contribution in [0.15, 0.2) is 36.4 Å². The number of rotatable bonds is 3. The van der Waals surface area contributed by atoms with Gasteiger partial charge < -0.3 is 15.4 Å². The minimum absolute atomic E-state index is 0.0222. The number of hydrogen-bond donors (Lipinski definition) is 3. The average molecular weight is 322 g/mol. The van der Waals surface area contributed by atoms with Gasteiger partial charge in [0.25, 0.3) is 5.91 Å². The lowest BCUT2D eigenvalue weighted by Gasteiger charge is -2.11. The van der Waals surface area contributed by atoms with Gasteiger partial charge in [0.2, 0.25) is 0 Å². The molecule has 5 nitrogen and oxygen atoms in total. The molecule has 1 heterocycles. The third kappa shape index (κ3) is 2.65. The van der Waals surface area contributed by atoms with Crippen molar-refractivity contribution in [3.05, 3.63) is 64.3 Å². The number of aryl methyl sites for hydroxylation is 3. The zero-order valence-electron chi connectivity index (χ0n) is 13.7. The van der Waals surface area contributed by atoms with Crippen molar-refractivity contribution in [3.63, 3.8) is 0 Å². The van der Waals surface area contributed by atoms with Gasteiger partial charge in [-0.1, -0.05) is 24.3 Å². The summed E-state index contributed by atoms with van der Waals surface area (Å²) in [7, 11) is 0. The molecule has 0 bridgehead atoms. The van der Waals surface area contributed by atoms with Crippen LogP contribution in [0.25, 0.3) is 10.9 Å². The number of aromatic amines is 1. The molecule has 0 unspecified atom stereocenters. The topological polar surface area (TPSA) is 82.2 Å². The lowest BCUT2D eigenvalue weighted by Crippen LogP contribution is -2.16. The molecule has 122 valence electrons. The molecule has 0 aliphatic heterocycles. The number of aromatic carboxylic acids is 1. The van der Waals surface area contributed by atoms with Crippen molar-refractivity contribution in [2.75, 3.05) is 5.32 Å². The van der Waals surface area contributed by atoms with Gasteiger partial charge in [-0.05, 0) is 49.6 Å². The summed E-state index contributed by atoms with van der Waals surface area (Å²) in [5, 5.41) is 12.8. The van der Waals surface area contributed by atoms with Gasteiger partial charge in [-0.2, -0.15) is 0 Å². The summed E-state index contributed by atoms with van der Waals surface area (Å²) in [5.74, 6) is -1.43. The number of carbonyl (C=O) groups is 2. The second kappa shape index (κ2) is 5.85. The molecule has 3 aromatic rings. The average Bonchev–Trinajstić information content (AvgIpc) is 2.90. The SMILES string of the molecule is Cc1cc(C)c(C(=O)Nc2c(C(=O)O)[nH]c3ccccc23)cc1C. The van der Waals surface area contributed by atoms with Crippen LogP contribution in [0.5, 0.6) is 0 Å². The van der Waals surface area contributed by atoms with Crippen LogP contribution >= 0.6 is 0 Å². The minimum Gasteiger partial charge on any atom is -0.477 e. The highest BCUT2D eigenvalue weighted by Gasteiger charge is 2.20. The number of hydrogen-bond acceptors (Lipinski definition) is 2. The zero-order chi connectivity index (χ0) is 17.4. The number of benzene rings is 2. The van der Waals surface area contributed by atoms with Crippen LogP contribution in [-0.2, 0) is 0 Å². The van der Waals surface area contributed by atoms with Crippen molar-refractivity contribution in [1.82, 2.24) is 4.98 Å². The summed E-state index contributed by atoms with van der Waals surface area (Å²) in [6, 6.07) is 11.0. The van der Waals surface area contributed by atoms with E-state index in [1.54, 1.807) is 18.2 Å². The number of anilines is 1. The number of aromatic nitrogens is 1. The number of nitrogens with one attached hydrogen (secondary N) is 2. The number of para-hydroxylation sites is 1. The lowest BCUT2D eigenvalue weighted by molar-refractivity contribution is 0.0692. The van der Waals surface area contributed by atoms with Crippen molar-refractivity contribution >= 4 is 28.5 Å². The van der Waals surface area contributed by atoms with E-state index in [-0.39, 0.29) is 11.6 Å². The van der Waals surface area contributed by atoms with Gasteiger partial charge in [0.15, 0.2) is 0 Å². The maximum Gasteiger partial charge on any atom is 0.354 e. The summed E-state index contributed by atoms with van der Waals surface area (Å²) in [6.45, 7) is 5.81. The van der Waals surface area contributed by atoms with Crippen LogP contribution in [0.4, 0.5) is 5.69 Å². The minimum atomic E-state index is -1.11. The Morgan fingerprint density at radius 3 is 2.38 bits per heavy atom.